The van der Waals surface area contributed by atoms with E-state index in [1.54, 1.807) is 19.2 Å². The van der Waals surface area contributed by atoms with Crippen LogP contribution in [0.3, 0.4) is 0 Å². The monoisotopic (exact) mass is 407 g/mol. The Morgan fingerprint density at radius 3 is 3.04 bits per heavy atom. The summed E-state index contributed by atoms with van der Waals surface area (Å²) in [6.45, 7) is 1.78. The number of aromatic amines is 1. The van der Waals surface area contributed by atoms with Gasteiger partial charge in [-0.2, -0.15) is 0 Å². The minimum Gasteiger partial charge on any atom is -0.454 e. The van der Waals surface area contributed by atoms with Crippen LogP contribution in [-0.2, 0) is 16.0 Å². The topological polar surface area (TPSA) is 67.9 Å². The maximum Gasteiger partial charge on any atom is 0.306 e. The summed E-state index contributed by atoms with van der Waals surface area (Å²) in [6.07, 6.45) is 2.08. The zero-order valence-corrected chi connectivity index (χ0v) is 15.3. The molecule has 1 N–H and O–H groups in total. The number of pyridine rings is 1. The molecule has 0 radical (unpaired) electrons. The third-order valence-electron chi connectivity index (χ3n) is 3.52. The Balaban J connectivity index is 1.60. The summed E-state index contributed by atoms with van der Waals surface area (Å²) in [4.78, 5) is 23.7. The second-order valence-corrected chi connectivity index (χ2v) is 6.76. The molecule has 24 heavy (non-hydrogen) atoms. The fraction of sp³-hybridized carbons (Fsp3) is 0.235. The molecule has 1 unspecified atom stereocenters. The molecular weight excluding hydrogens is 394 g/mol. The van der Waals surface area contributed by atoms with Crippen molar-refractivity contribution in [3.63, 3.8) is 0 Å². The predicted molar refractivity (Wildman–Crippen MR) is 95.9 cm³/mol. The summed E-state index contributed by atoms with van der Waals surface area (Å²) < 4.78 is 6.30. The van der Waals surface area contributed by atoms with Crippen molar-refractivity contribution in [1.82, 2.24) is 15.0 Å². The maximum atomic E-state index is 12.0. The number of ether oxygens (including phenoxy) is 1. The maximum absolute atomic E-state index is 12.0. The second kappa shape index (κ2) is 7.32. The van der Waals surface area contributed by atoms with Crippen LogP contribution in [-0.4, -0.2) is 20.9 Å². The lowest BCUT2D eigenvalue weighted by atomic mass is 10.1. The zero-order valence-electron chi connectivity index (χ0n) is 12.9. The van der Waals surface area contributed by atoms with Crippen LogP contribution in [0.4, 0.5) is 0 Å². The summed E-state index contributed by atoms with van der Waals surface area (Å²) in [5.41, 5.74) is 2.39. The predicted octanol–water partition coefficient (Wildman–Crippen LogP) is 4.61. The highest BCUT2D eigenvalue weighted by Gasteiger charge is 2.16. The molecule has 0 aliphatic heterocycles. The van der Waals surface area contributed by atoms with E-state index >= 15 is 0 Å². The van der Waals surface area contributed by atoms with Gasteiger partial charge in [0.2, 0.25) is 0 Å². The lowest BCUT2D eigenvalue weighted by molar-refractivity contribution is -0.148. The van der Waals surface area contributed by atoms with E-state index in [0.29, 0.717) is 22.9 Å². The molecule has 1 aromatic carbocycles. The molecule has 1 atom stereocenters. The van der Waals surface area contributed by atoms with Gasteiger partial charge in [0.15, 0.2) is 11.8 Å². The third kappa shape index (κ3) is 4.13. The molecule has 3 rings (SSSR count). The number of esters is 1. The first kappa shape index (κ1) is 16.9. The largest absolute Gasteiger partial charge is 0.454 e. The molecule has 2 heterocycles. The summed E-state index contributed by atoms with van der Waals surface area (Å²) in [6, 6.07) is 9.34. The van der Waals surface area contributed by atoms with Crippen LogP contribution in [0.25, 0.3) is 11.2 Å². The van der Waals surface area contributed by atoms with E-state index in [4.69, 9.17) is 16.3 Å². The summed E-state index contributed by atoms with van der Waals surface area (Å²) in [5, 5.41) is 0.662. The van der Waals surface area contributed by atoms with E-state index < -0.39 is 6.10 Å². The van der Waals surface area contributed by atoms with Gasteiger partial charge < -0.3 is 9.72 Å². The SMILES string of the molecule is CC(OC(=O)CCc1cccc(Cl)c1)c1nc2ncc(Br)cc2[nH]1. The number of benzene rings is 1. The normalized spacial score (nSPS) is 12.3. The van der Waals surface area contributed by atoms with Gasteiger partial charge in [-0.3, -0.25) is 4.79 Å². The lowest BCUT2D eigenvalue weighted by Crippen LogP contribution is -2.10. The van der Waals surface area contributed by atoms with Gasteiger partial charge in [-0.05, 0) is 53.0 Å². The molecular formula is C17H15BrClN3O2. The highest BCUT2D eigenvalue weighted by atomic mass is 79.9. The molecule has 5 nitrogen and oxygen atoms in total. The number of rotatable bonds is 5. The zero-order chi connectivity index (χ0) is 17.1. The van der Waals surface area contributed by atoms with E-state index in [9.17, 15) is 4.79 Å². The highest BCUT2D eigenvalue weighted by Crippen LogP contribution is 2.20. The minimum absolute atomic E-state index is 0.280. The Hall–Kier alpha value is -1.92. The molecule has 2 aromatic heterocycles. The molecule has 0 bridgehead atoms. The number of H-pyrrole nitrogens is 1. The minimum atomic E-state index is -0.468. The van der Waals surface area contributed by atoms with E-state index in [0.717, 1.165) is 15.6 Å². The van der Waals surface area contributed by atoms with Crippen LogP contribution < -0.4 is 0 Å². The third-order valence-corrected chi connectivity index (χ3v) is 4.19. The van der Waals surface area contributed by atoms with Crippen LogP contribution in [0.5, 0.6) is 0 Å². The number of halogens is 2. The fourth-order valence-corrected chi connectivity index (χ4v) is 2.88. The summed E-state index contributed by atoms with van der Waals surface area (Å²) in [5.74, 6) is 0.295. The molecule has 0 aliphatic carbocycles. The molecule has 0 aliphatic rings. The first-order valence-corrected chi connectivity index (χ1v) is 8.63. The van der Waals surface area contributed by atoms with E-state index in [2.05, 4.69) is 30.9 Å². The Labute approximate surface area is 152 Å². The summed E-state index contributed by atoms with van der Waals surface area (Å²) >= 11 is 9.30. The van der Waals surface area contributed by atoms with Crippen LogP contribution >= 0.6 is 27.5 Å². The van der Waals surface area contributed by atoms with E-state index in [-0.39, 0.29) is 12.4 Å². The lowest BCUT2D eigenvalue weighted by Gasteiger charge is -2.10. The smallest absolute Gasteiger partial charge is 0.306 e. The van der Waals surface area contributed by atoms with E-state index in [1.807, 2.05) is 24.3 Å². The molecule has 0 amide bonds. The number of nitrogens with zero attached hydrogens (tertiary/aromatic N) is 2. The van der Waals surface area contributed by atoms with Crippen molar-refractivity contribution in [2.45, 2.75) is 25.9 Å². The van der Waals surface area contributed by atoms with Gasteiger partial charge >= 0.3 is 5.97 Å². The van der Waals surface area contributed by atoms with Gasteiger partial charge in [0, 0.05) is 22.1 Å². The van der Waals surface area contributed by atoms with Crippen LogP contribution in [0.15, 0.2) is 41.0 Å². The number of carbonyl (C=O) groups excluding carboxylic acids is 1. The van der Waals surface area contributed by atoms with Crippen LogP contribution in [0, 0.1) is 0 Å². The van der Waals surface area contributed by atoms with Crippen molar-refractivity contribution in [2.75, 3.05) is 0 Å². The molecule has 0 spiro atoms. The Kier molecular flexibility index (Phi) is 5.16. The van der Waals surface area contributed by atoms with Crippen molar-refractivity contribution in [3.8, 4) is 0 Å². The summed E-state index contributed by atoms with van der Waals surface area (Å²) in [7, 11) is 0. The second-order valence-electron chi connectivity index (χ2n) is 5.41. The molecule has 0 saturated carbocycles. The van der Waals surface area contributed by atoms with Crippen molar-refractivity contribution in [1.29, 1.82) is 0 Å². The average Bonchev–Trinajstić information content (AvgIpc) is 2.96. The first-order valence-electron chi connectivity index (χ1n) is 7.46. The number of aryl methyl sites for hydroxylation is 1. The molecule has 0 fully saturated rings. The first-order chi connectivity index (χ1) is 11.5. The number of imidazole rings is 1. The molecule has 3 aromatic rings. The van der Waals surface area contributed by atoms with Crippen molar-refractivity contribution in [3.05, 3.63) is 57.4 Å². The number of carbonyl (C=O) groups is 1. The number of hydrogen-bond donors (Lipinski definition) is 1. The van der Waals surface area contributed by atoms with Crippen molar-refractivity contribution in [2.24, 2.45) is 0 Å². The molecule has 124 valence electrons. The van der Waals surface area contributed by atoms with Crippen LogP contribution in [0.2, 0.25) is 5.02 Å². The number of aromatic nitrogens is 3. The number of hydrogen-bond acceptors (Lipinski definition) is 4. The fourth-order valence-electron chi connectivity index (χ4n) is 2.34. The van der Waals surface area contributed by atoms with Gasteiger partial charge in [-0.1, -0.05) is 23.7 Å². The molecule has 7 heteroatoms. The number of fused-ring (bicyclic) bond motifs is 1. The highest BCUT2D eigenvalue weighted by molar-refractivity contribution is 9.10. The Bertz CT molecular complexity index is 881. The quantitative estimate of drug-likeness (QED) is 0.626. The van der Waals surface area contributed by atoms with Gasteiger partial charge in [-0.15, -0.1) is 0 Å². The van der Waals surface area contributed by atoms with Crippen LogP contribution in [0.1, 0.15) is 30.8 Å². The Morgan fingerprint density at radius 2 is 2.25 bits per heavy atom. The van der Waals surface area contributed by atoms with Gasteiger partial charge in [0.05, 0.1) is 5.52 Å². The number of nitrogens with one attached hydrogen (secondary N) is 1. The standard InChI is InChI=1S/C17H15BrClN3O2/c1-10(16-21-14-8-12(18)9-20-17(14)22-16)24-15(23)6-5-11-3-2-4-13(19)7-11/h2-4,7-10H,5-6H2,1H3,(H,20,21,22). The van der Waals surface area contributed by atoms with Gasteiger partial charge in [0.1, 0.15) is 5.82 Å². The molecule has 0 saturated heterocycles. The van der Waals surface area contributed by atoms with Crippen molar-refractivity contribution >= 4 is 44.7 Å². The van der Waals surface area contributed by atoms with Gasteiger partial charge in [0.25, 0.3) is 0 Å². The van der Waals surface area contributed by atoms with E-state index in [1.165, 1.54) is 0 Å². The Morgan fingerprint density at radius 1 is 1.42 bits per heavy atom. The van der Waals surface area contributed by atoms with Crippen molar-refractivity contribution < 1.29 is 9.53 Å². The average molecular weight is 409 g/mol. The van der Waals surface area contributed by atoms with Gasteiger partial charge in [-0.25, -0.2) is 9.97 Å².